The maximum absolute atomic E-state index is 13.7. The number of amides is 1. The van der Waals surface area contributed by atoms with Crippen LogP contribution < -0.4 is 14.8 Å². The van der Waals surface area contributed by atoms with Gasteiger partial charge < -0.3 is 9.47 Å². The number of hydrogen-bond acceptors (Lipinski definition) is 5. The zero-order chi connectivity index (χ0) is 18.1. The van der Waals surface area contributed by atoms with Gasteiger partial charge in [0.05, 0.1) is 11.3 Å². The second-order valence-corrected chi connectivity index (χ2v) is 6.33. The van der Waals surface area contributed by atoms with Crippen molar-refractivity contribution in [2.24, 2.45) is 0 Å². The Morgan fingerprint density at radius 3 is 2.69 bits per heavy atom. The standard InChI is InChI=1S/C18H12F2N2O3S/c19-11-2-3-12(13(20)8-11)17(23)22-18-21-14(9-26-18)10-1-4-15-16(7-10)25-6-5-24-15/h1-4,7-9H,5-6H2,(H,21,22,23). The predicted octanol–water partition coefficient (Wildman–Crippen LogP) is 4.11. The van der Waals surface area contributed by atoms with Gasteiger partial charge >= 0.3 is 0 Å². The quantitative estimate of drug-likeness (QED) is 0.749. The maximum atomic E-state index is 13.7. The van der Waals surface area contributed by atoms with Crippen LogP contribution in [0, 0.1) is 11.6 Å². The Balaban J connectivity index is 1.54. The number of fused-ring (bicyclic) bond motifs is 1. The van der Waals surface area contributed by atoms with Gasteiger partial charge in [0.1, 0.15) is 24.8 Å². The Morgan fingerprint density at radius 1 is 1.08 bits per heavy atom. The lowest BCUT2D eigenvalue weighted by Crippen LogP contribution is -2.15. The zero-order valence-corrected chi connectivity index (χ0v) is 14.1. The molecule has 1 aromatic heterocycles. The summed E-state index contributed by atoms with van der Waals surface area (Å²) >= 11 is 1.20. The molecule has 0 saturated heterocycles. The fourth-order valence-electron chi connectivity index (χ4n) is 2.50. The molecule has 0 spiro atoms. The first-order valence-electron chi connectivity index (χ1n) is 7.72. The van der Waals surface area contributed by atoms with E-state index in [-0.39, 0.29) is 5.56 Å². The zero-order valence-electron chi connectivity index (χ0n) is 13.3. The SMILES string of the molecule is O=C(Nc1nc(-c2ccc3c(c2)OCCO3)cs1)c1ccc(F)cc1F. The number of nitrogens with one attached hydrogen (secondary N) is 1. The monoisotopic (exact) mass is 374 g/mol. The van der Waals surface area contributed by atoms with Crippen molar-refractivity contribution >= 4 is 22.4 Å². The van der Waals surface area contributed by atoms with Crippen LogP contribution in [0.4, 0.5) is 13.9 Å². The minimum absolute atomic E-state index is 0.248. The third-order valence-corrected chi connectivity index (χ3v) is 4.50. The molecule has 0 radical (unpaired) electrons. The number of rotatable bonds is 3. The number of benzene rings is 2. The predicted molar refractivity (Wildman–Crippen MR) is 92.9 cm³/mol. The molecule has 8 heteroatoms. The van der Waals surface area contributed by atoms with Gasteiger partial charge in [-0.25, -0.2) is 13.8 Å². The fraction of sp³-hybridized carbons (Fsp3) is 0.111. The molecule has 132 valence electrons. The van der Waals surface area contributed by atoms with E-state index in [4.69, 9.17) is 9.47 Å². The highest BCUT2D eigenvalue weighted by molar-refractivity contribution is 7.14. The summed E-state index contributed by atoms with van der Waals surface area (Å²) in [7, 11) is 0. The van der Waals surface area contributed by atoms with E-state index in [2.05, 4.69) is 10.3 Å². The second-order valence-electron chi connectivity index (χ2n) is 5.47. The van der Waals surface area contributed by atoms with Crippen molar-refractivity contribution in [1.82, 2.24) is 4.98 Å². The van der Waals surface area contributed by atoms with E-state index < -0.39 is 17.5 Å². The van der Waals surface area contributed by atoms with Crippen molar-refractivity contribution in [3.8, 4) is 22.8 Å². The molecule has 4 rings (SSSR count). The maximum Gasteiger partial charge on any atom is 0.260 e. The Labute approximate surface area is 151 Å². The van der Waals surface area contributed by atoms with Crippen LogP contribution in [0.1, 0.15) is 10.4 Å². The number of halogens is 2. The third kappa shape index (κ3) is 3.23. The summed E-state index contributed by atoms with van der Waals surface area (Å²) in [5, 5.41) is 4.60. The molecule has 0 atom stereocenters. The molecule has 1 aliphatic rings. The molecule has 0 fully saturated rings. The Bertz CT molecular complexity index is 990. The first-order chi connectivity index (χ1) is 12.6. The van der Waals surface area contributed by atoms with Crippen molar-refractivity contribution in [3.05, 3.63) is 59.0 Å². The van der Waals surface area contributed by atoms with E-state index >= 15 is 0 Å². The normalized spacial score (nSPS) is 12.7. The van der Waals surface area contributed by atoms with Crippen LogP contribution in [-0.4, -0.2) is 24.1 Å². The molecule has 0 aliphatic carbocycles. The molecule has 1 N–H and O–H groups in total. The lowest BCUT2D eigenvalue weighted by atomic mass is 10.1. The van der Waals surface area contributed by atoms with Crippen molar-refractivity contribution in [3.63, 3.8) is 0 Å². The summed E-state index contributed by atoms with van der Waals surface area (Å²) in [5.41, 5.74) is 1.20. The van der Waals surface area contributed by atoms with Crippen LogP contribution in [0.2, 0.25) is 0 Å². The number of thiazole rings is 1. The minimum Gasteiger partial charge on any atom is -0.486 e. The lowest BCUT2D eigenvalue weighted by Gasteiger charge is -2.18. The summed E-state index contributed by atoms with van der Waals surface area (Å²) in [4.78, 5) is 16.5. The summed E-state index contributed by atoms with van der Waals surface area (Å²) < 4.78 is 37.7. The van der Waals surface area contributed by atoms with Gasteiger partial charge in [0, 0.05) is 17.0 Å². The Kier molecular flexibility index (Phi) is 4.26. The van der Waals surface area contributed by atoms with E-state index in [0.717, 1.165) is 17.7 Å². The number of anilines is 1. The summed E-state index contributed by atoms with van der Waals surface area (Å²) in [5.74, 6) is -1.04. The molecule has 3 aromatic rings. The highest BCUT2D eigenvalue weighted by Gasteiger charge is 2.16. The number of nitrogens with zero attached hydrogens (tertiary/aromatic N) is 1. The molecule has 5 nitrogen and oxygen atoms in total. The molecular formula is C18H12F2N2O3S. The van der Waals surface area contributed by atoms with Crippen molar-refractivity contribution in [2.75, 3.05) is 18.5 Å². The third-order valence-electron chi connectivity index (χ3n) is 3.74. The van der Waals surface area contributed by atoms with Gasteiger partial charge in [0.2, 0.25) is 0 Å². The lowest BCUT2D eigenvalue weighted by molar-refractivity contribution is 0.102. The van der Waals surface area contributed by atoms with Gasteiger partial charge in [-0.3, -0.25) is 10.1 Å². The van der Waals surface area contributed by atoms with Gasteiger partial charge in [0.15, 0.2) is 16.6 Å². The molecule has 1 aliphatic heterocycles. The number of ether oxygens (including phenoxy) is 2. The molecule has 0 bridgehead atoms. The van der Waals surface area contributed by atoms with Crippen LogP contribution in [0.15, 0.2) is 41.8 Å². The van der Waals surface area contributed by atoms with E-state index in [1.54, 1.807) is 11.4 Å². The minimum atomic E-state index is -0.925. The largest absolute Gasteiger partial charge is 0.486 e. The number of carbonyl (C=O) groups excluding carboxylic acids is 1. The molecule has 0 saturated carbocycles. The number of hydrogen-bond donors (Lipinski definition) is 1. The highest BCUT2D eigenvalue weighted by atomic mass is 32.1. The van der Waals surface area contributed by atoms with E-state index in [0.29, 0.717) is 41.6 Å². The molecule has 2 aromatic carbocycles. The molecule has 1 amide bonds. The van der Waals surface area contributed by atoms with Gasteiger partial charge in [0.25, 0.3) is 5.91 Å². The molecule has 2 heterocycles. The molecule has 0 unspecified atom stereocenters. The van der Waals surface area contributed by atoms with E-state index in [9.17, 15) is 13.6 Å². The summed E-state index contributed by atoms with van der Waals surface area (Å²) in [6.45, 7) is 0.997. The Hall–Kier alpha value is -3.00. The summed E-state index contributed by atoms with van der Waals surface area (Å²) in [6, 6.07) is 8.24. The average Bonchev–Trinajstić information content (AvgIpc) is 3.09. The van der Waals surface area contributed by atoms with Crippen molar-refractivity contribution < 1.29 is 23.0 Å². The number of carbonyl (C=O) groups is 1. The summed E-state index contributed by atoms with van der Waals surface area (Å²) in [6.07, 6.45) is 0. The second kappa shape index (κ2) is 6.72. The van der Waals surface area contributed by atoms with Crippen molar-refractivity contribution in [2.45, 2.75) is 0 Å². The van der Waals surface area contributed by atoms with E-state index in [1.807, 2.05) is 12.1 Å². The first kappa shape index (κ1) is 16.5. The highest BCUT2D eigenvalue weighted by Crippen LogP contribution is 2.35. The van der Waals surface area contributed by atoms with Crippen LogP contribution in [0.3, 0.4) is 0 Å². The average molecular weight is 374 g/mol. The van der Waals surface area contributed by atoms with Crippen LogP contribution in [0.25, 0.3) is 11.3 Å². The fourth-order valence-corrected chi connectivity index (χ4v) is 3.22. The topological polar surface area (TPSA) is 60.5 Å². The van der Waals surface area contributed by atoms with Crippen LogP contribution in [0.5, 0.6) is 11.5 Å². The van der Waals surface area contributed by atoms with Gasteiger partial charge in [-0.2, -0.15) is 0 Å². The number of aromatic nitrogens is 1. The Morgan fingerprint density at radius 2 is 1.88 bits per heavy atom. The van der Waals surface area contributed by atoms with Crippen LogP contribution in [-0.2, 0) is 0 Å². The van der Waals surface area contributed by atoms with Gasteiger partial charge in [-0.15, -0.1) is 11.3 Å². The smallest absolute Gasteiger partial charge is 0.260 e. The van der Waals surface area contributed by atoms with E-state index in [1.165, 1.54) is 11.3 Å². The molecular weight excluding hydrogens is 362 g/mol. The van der Waals surface area contributed by atoms with Crippen LogP contribution >= 0.6 is 11.3 Å². The van der Waals surface area contributed by atoms with Gasteiger partial charge in [-0.1, -0.05) is 0 Å². The first-order valence-corrected chi connectivity index (χ1v) is 8.60. The molecule has 26 heavy (non-hydrogen) atoms. The van der Waals surface area contributed by atoms with Gasteiger partial charge in [-0.05, 0) is 30.3 Å². The van der Waals surface area contributed by atoms with Crippen molar-refractivity contribution in [1.29, 1.82) is 0 Å².